The number of carbonyl (C=O) groups is 2. The lowest BCUT2D eigenvalue weighted by molar-refractivity contribution is -0.130. The van der Waals surface area contributed by atoms with Gasteiger partial charge in [0.05, 0.1) is 18.0 Å². The molecule has 4 atom stereocenters. The van der Waals surface area contributed by atoms with Crippen molar-refractivity contribution in [3.8, 4) is 0 Å². The standard InChI is InChI=1S/C32H33F2N5O4/c33-22-10-20(11-23(34)13-22)26-16-36-28(18-5-8-43-9-6-18)30(41)39(26)17-27(40)37-24-4-3-19-14-32(15-21(19)12-24)25-2-1-7-35-29(25)38-31(32)42/h1-4,7,10-13,18,26,28,30,36,41H,5-6,8-9,14-17H2,(H,37,40)(H,35,38,42). The topological polar surface area (TPSA) is 116 Å². The van der Waals surface area contributed by atoms with Gasteiger partial charge in [0.25, 0.3) is 0 Å². The van der Waals surface area contributed by atoms with Crippen LogP contribution >= 0.6 is 0 Å². The summed E-state index contributed by atoms with van der Waals surface area (Å²) in [6.45, 7) is 1.32. The van der Waals surface area contributed by atoms with Crippen molar-refractivity contribution < 1.29 is 28.2 Å². The van der Waals surface area contributed by atoms with Crippen molar-refractivity contribution in [3.63, 3.8) is 0 Å². The molecule has 43 heavy (non-hydrogen) atoms. The number of hydrogen-bond acceptors (Lipinski definition) is 7. The summed E-state index contributed by atoms with van der Waals surface area (Å²) in [4.78, 5) is 32.5. The third kappa shape index (κ3) is 5.10. The number of anilines is 2. The van der Waals surface area contributed by atoms with Gasteiger partial charge in [-0.2, -0.15) is 0 Å². The van der Waals surface area contributed by atoms with Gasteiger partial charge in [-0.1, -0.05) is 12.1 Å². The number of ether oxygens (including phenoxy) is 1. The average Bonchev–Trinajstić information content (AvgIpc) is 3.50. The Morgan fingerprint density at radius 2 is 1.86 bits per heavy atom. The number of hydrogen-bond donors (Lipinski definition) is 4. The van der Waals surface area contributed by atoms with Gasteiger partial charge in [-0.05, 0) is 78.6 Å². The first-order valence-corrected chi connectivity index (χ1v) is 14.7. The molecule has 0 saturated carbocycles. The number of pyridine rings is 1. The maximum absolute atomic E-state index is 14.2. The van der Waals surface area contributed by atoms with Crippen LogP contribution in [0.4, 0.5) is 20.3 Å². The normalized spacial score (nSPS) is 27.1. The van der Waals surface area contributed by atoms with Crippen LogP contribution in [-0.4, -0.2) is 65.4 Å². The number of nitrogens with zero attached hydrogens (tertiary/aromatic N) is 2. The molecular weight excluding hydrogens is 556 g/mol. The summed E-state index contributed by atoms with van der Waals surface area (Å²) in [6, 6.07) is 11.7. The molecule has 11 heteroatoms. The maximum Gasteiger partial charge on any atom is 0.238 e. The molecule has 0 radical (unpaired) electrons. The molecule has 2 fully saturated rings. The van der Waals surface area contributed by atoms with Gasteiger partial charge in [0.1, 0.15) is 23.7 Å². The Hall–Kier alpha value is -3.77. The second-order valence-electron chi connectivity index (χ2n) is 12.0. The second-order valence-corrected chi connectivity index (χ2v) is 12.0. The molecular formula is C32H33F2N5O4. The fraction of sp³-hybridized carbons (Fsp3) is 0.406. The van der Waals surface area contributed by atoms with E-state index in [1.54, 1.807) is 11.1 Å². The average molecular weight is 590 g/mol. The molecule has 4 unspecified atom stereocenters. The van der Waals surface area contributed by atoms with Gasteiger partial charge < -0.3 is 25.8 Å². The van der Waals surface area contributed by atoms with Crippen LogP contribution in [-0.2, 0) is 32.6 Å². The second kappa shape index (κ2) is 11.1. The van der Waals surface area contributed by atoms with Crippen molar-refractivity contribution in [2.75, 3.05) is 36.9 Å². The van der Waals surface area contributed by atoms with Crippen molar-refractivity contribution in [3.05, 3.63) is 88.6 Å². The molecule has 1 aliphatic carbocycles. The Labute approximate surface area is 247 Å². The molecule has 4 N–H and O–H groups in total. The quantitative estimate of drug-likeness (QED) is 0.362. The summed E-state index contributed by atoms with van der Waals surface area (Å²) in [5.41, 5.74) is 3.09. The van der Waals surface area contributed by atoms with Gasteiger partial charge in [0.15, 0.2) is 0 Å². The number of amides is 2. The molecule has 3 aliphatic heterocycles. The number of carbonyl (C=O) groups excluding carboxylic acids is 2. The van der Waals surface area contributed by atoms with E-state index in [1.807, 2.05) is 30.3 Å². The first kappa shape index (κ1) is 28.0. The summed E-state index contributed by atoms with van der Waals surface area (Å²) in [5, 5.41) is 20.8. The molecule has 4 aliphatic rings. The molecule has 1 aromatic heterocycles. The number of nitrogens with one attached hydrogen (secondary N) is 3. The van der Waals surface area contributed by atoms with Crippen LogP contribution in [0.5, 0.6) is 0 Å². The number of rotatable bonds is 5. The molecule has 2 saturated heterocycles. The van der Waals surface area contributed by atoms with Crippen molar-refractivity contribution >= 4 is 23.3 Å². The van der Waals surface area contributed by atoms with Crippen molar-refractivity contribution in [1.82, 2.24) is 15.2 Å². The van der Waals surface area contributed by atoms with Crippen LogP contribution in [0, 0.1) is 17.6 Å². The van der Waals surface area contributed by atoms with Gasteiger partial charge in [-0.25, -0.2) is 13.8 Å². The SMILES string of the molecule is O=C(CN1C(c2cc(F)cc(F)c2)CNC(C2CCOCC2)C1O)Nc1ccc2c(c1)CC1(C2)C(=O)Nc2ncccc21. The van der Waals surface area contributed by atoms with Gasteiger partial charge in [0, 0.05) is 49.3 Å². The fourth-order valence-electron chi connectivity index (χ4n) is 7.34. The first-order valence-electron chi connectivity index (χ1n) is 14.7. The minimum absolute atomic E-state index is 0.0745. The summed E-state index contributed by atoms with van der Waals surface area (Å²) >= 11 is 0. The minimum Gasteiger partial charge on any atom is -0.381 e. The molecule has 3 aromatic rings. The Kier molecular flexibility index (Phi) is 7.21. The highest BCUT2D eigenvalue weighted by atomic mass is 19.1. The Morgan fingerprint density at radius 3 is 2.65 bits per heavy atom. The number of aliphatic hydroxyl groups excluding tert-OH is 1. The predicted octanol–water partition coefficient (Wildman–Crippen LogP) is 3.05. The lowest BCUT2D eigenvalue weighted by atomic mass is 9.79. The molecule has 7 rings (SSSR count). The maximum atomic E-state index is 14.2. The zero-order chi connectivity index (χ0) is 29.7. The van der Waals surface area contributed by atoms with E-state index < -0.39 is 29.3 Å². The van der Waals surface area contributed by atoms with E-state index >= 15 is 0 Å². The zero-order valence-corrected chi connectivity index (χ0v) is 23.5. The summed E-state index contributed by atoms with van der Waals surface area (Å²) in [6.07, 6.45) is 3.17. The van der Waals surface area contributed by atoms with Crippen LogP contribution in [0.2, 0.25) is 0 Å². The molecule has 2 amide bonds. The van der Waals surface area contributed by atoms with Gasteiger partial charge in [0.2, 0.25) is 11.8 Å². The lowest BCUT2D eigenvalue weighted by Gasteiger charge is -2.47. The smallest absolute Gasteiger partial charge is 0.238 e. The highest BCUT2D eigenvalue weighted by Crippen LogP contribution is 2.47. The third-order valence-electron chi connectivity index (χ3n) is 9.44. The molecule has 1 spiro atoms. The molecule has 2 aromatic carbocycles. The summed E-state index contributed by atoms with van der Waals surface area (Å²) < 4.78 is 33.9. The summed E-state index contributed by atoms with van der Waals surface area (Å²) in [5.74, 6) is -1.15. The van der Waals surface area contributed by atoms with Gasteiger partial charge in [-0.15, -0.1) is 0 Å². The van der Waals surface area contributed by atoms with E-state index in [1.165, 1.54) is 12.1 Å². The van der Waals surface area contributed by atoms with Gasteiger partial charge in [-0.3, -0.25) is 14.5 Å². The number of halogens is 2. The van der Waals surface area contributed by atoms with Crippen molar-refractivity contribution in [2.24, 2.45) is 5.92 Å². The van der Waals surface area contributed by atoms with Gasteiger partial charge >= 0.3 is 0 Å². The van der Waals surface area contributed by atoms with E-state index in [0.29, 0.717) is 49.7 Å². The van der Waals surface area contributed by atoms with E-state index in [-0.39, 0.29) is 30.3 Å². The zero-order valence-electron chi connectivity index (χ0n) is 23.5. The van der Waals surface area contributed by atoms with E-state index in [0.717, 1.165) is 35.6 Å². The summed E-state index contributed by atoms with van der Waals surface area (Å²) in [7, 11) is 0. The van der Waals surface area contributed by atoms with Crippen LogP contribution in [0.3, 0.4) is 0 Å². The monoisotopic (exact) mass is 589 g/mol. The lowest BCUT2D eigenvalue weighted by Crippen LogP contribution is -2.63. The van der Waals surface area contributed by atoms with Crippen LogP contribution in [0.25, 0.3) is 0 Å². The molecule has 224 valence electrons. The number of fused-ring (bicyclic) bond motifs is 3. The third-order valence-corrected chi connectivity index (χ3v) is 9.44. The highest BCUT2D eigenvalue weighted by molar-refractivity contribution is 6.06. The Morgan fingerprint density at radius 1 is 1.09 bits per heavy atom. The highest BCUT2D eigenvalue weighted by Gasteiger charge is 2.51. The fourth-order valence-corrected chi connectivity index (χ4v) is 7.34. The molecule has 4 heterocycles. The number of aromatic nitrogens is 1. The van der Waals surface area contributed by atoms with E-state index in [4.69, 9.17) is 4.74 Å². The van der Waals surface area contributed by atoms with Crippen LogP contribution < -0.4 is 16.0 Å². The Balaban J connectivity index is 1.10. The van der Waals surface area contributed by atoms with E-state index in [2.05, 4.69) is 20.9 Å². The number of benzene rings is 2. The molecule has 0 bridgehead atoms. The minimum atomic E-state index is -1.06. The Bertz CT molecular complexity index is 1560. The van der Waals surface area contributed by atoms with Crippen LogP contribution in [0.1, 0.15) is 41.1 Å². The van der Waals surface area contributed by atoms with Crippen molar-refractivity contribution in [1.29, 1.82) is 0 Å². The predicted molar refractivity (Wildman–Crippen MR) is 154 cm³/mol. The first-order chi connectivity index (χ1) is 20.8. The largest absolute Gasteiger partial charge is 0.381 e. The number of piperazine rings is 1. The molecule has 9 nitrogen and oxygen atoms in total. The van der Waals surface area contributed by atoms with Crippen LogP contribution in [0.15, 0.2) is 54.7 Å². The number of aliphatic hydroxyl groups is 1. The van der Waals surface area contributed by atoms with Crippen molar-refractivity contribution in [2.45, 2.75) is 49.4 Å². The van der Waals surface area contributed by atoms with E-state index in [9.17, 15) is 23.5 Å².